The van der Waals surface area contributed by atoms with Gasteiger partial charge in [-0.25, -0.2) is 8.78 Å². The highest BCUT2D eigenvalue weighted by Crippen LogP contribution is 2.45. The maximum absolute atomic E-state index is 14.2. The summed E-state index contributed by atoms with van der Waals surface area (Å²) in [5, 5.41) is 15.1. The fourth-order valence-electron chi connectivity index (χ4n) is 5.29. The maximum atomic E-state index is 14.2. The second-order valence-electron chi connectivity index (χ2n) is 9.58. The molecule has 2 aliphatic heterocycles. The summed E-state index contributed by atoms with van der Waals surface area (Å²) in [6, 6.07) is 2.25. The number of halogens is 2. The molecule has 2 bridgehead atoms. The number of carbonyl (C=O) groups is 2. The maximum Gasteiger partial charge on any atom is 0.278 e. The lowest BCUT2D eigenvalue weighted by molar-refractivity contribution is 0.0594. The van der Waals surface area contributed by atoms with E-state index in [1.807, 2.05) is 11.9 Å². The Morgan fingerprint density at radius 2 is 1.88 bits per heavy atom. The van der Waals surface area contributed by atoms with Crippen LogP contribution in [-0.4, -0.2) is 44.7 Å². The minimum Gasteiger partial charge on any atom is -0.502 e. The van der Waals surface area contributed by atoms with Crippen molar-refractivity contribution < 1.29 is 23.5 Å². The van der Waals surface area contributed by atoms with Gasteiger partial charge >= 0.3 is 0 Å². The summed E-state index contributed by atoms with van der Waals surface area (Å²) in [6.45, 7) is 3.31. The van der Waals surface area contributed by atoms with Crippen LogP contribution in [0, 0.1) is 18.6 Å². The number of carbonyl (C=O) groups excluding carboxylic acids is 2. The number of rotatable bonds is 3. The molecule has 8 nitrogen and oxygen atoms in total. The van der Waals surface area contributed by atoms with E-state index in [4.69, 9.17) is 0 Å². The number of aromatic hydroxyl groups is 1. The van der Waals surface area contributed by atoms with Crippen molar-refractivity contribution in [2.24, 2.45) is 0 Å². The Kier molecular flexibility index (Phi) is 5.14. The highest BCUT2D eigenvalue weighted by Gasteiger charge is 2.50. The first kappa shape index (κ1) is 22.4. The zero-order valence-electron chi connectivity index (χ0n) is 19.0. The van der Waals surface area contributed by atoms with Gasteiger partial charge in [0.15, 0.2) is 11.4 Å². The number of nitrogens with zero attached hydrogens (tertiary/aromatic N) is 3. The van der Waals surface area contributed by atoms with Gasteiger partial charge < -0.3 is 15.3 Å². The van der Waals surface area contributed by atoms with Crippen molar-refractivity contribution in [1.82, 2.24) is 14.9 Å². The number of aromatic nitrogens is 1. The average molecular weight is 472 g/mol. The van der Waals surface area contributed by atoms with E-state index in [1.54, 1.807) is 11.8 Å². The number of hydrogen-bond donors (Lipinski definition) is 2. The largest absolute Gasteiger partial charge is 0.502 e. The molecule has 5 rings (SSSR count). The summed E-state index contributed by atoms with van der Waals surface area (Å²) in [4.78, 5) is 40.6. The molecule has 34 heavy (non-hydrogen) atoms. The Balaban J connectivity index is 1.53. The van der Waals surface area contributed by atoms with E-state index < -0.39 is 46.7 Å². The van der Waals surface area contributed by atoms with Gasteiger partial charge in [-0.1, -0.05) is 0 Å². The van der Waals surface area contributed by atoms with Crippen molar-refractivity contribution in [2.75, 3.05) is 11.7 Å². The predicted octanol–water partition coefficient (Wildman–Crippen LogP) is 2.53. The van der Waals surface area contributed by atoms with E-state index in [0.29, 0.717) is 5.56 Å². The molecule has 3 aliphatic rings. The first-order valence-corrected chi connectivity index (χ1v) is 11.4. The van der Waals surface area contributed by atoms with Crippen LogP contribution in [-0.2, 0) is 6.54 Å². The van der Waals surface area contributed by atoms with Crippen molar-refractivity contribution in [2.45, 2.75) is 64.1 Å². The van der Waals surface area contributed by atoms with E-state index >= 15 is 0 Å². The van der Waals surface area contributed by atoms with E-state index in [-0.39, 0.29) is 29.5 Å². The second kappa shape index (κ2) is 7.82. The van der Waals surface area contributed by atoms with Crippen molar-refractivity contribution in [1.29, 1.82) is 0 Å². The van der Waals surface area contributed by atoms with Gasteiger partial charge in [-0.2, -0.15) is 0 Å². The molecule has 1 aromatic carbocycles. The summed E-state index contributed by atoms with van der Waals surface area (Å²) in [5.41, 5.74) is -1.72. The topological polar surface area (TPSA) is 94.9 Å². The van der Waals surface area contributed by atoms with Crippen molar-refractivity contribution in [3.8, 4) is 5.75 Å². The molecule has 0 unspecified atom stereocenters. The highest BCUT2D eigenvalue weighted by atomic mass is 19.1. The van der Waals surface area contributed by atoms with Crippen LogP contribution in [0.1, 0.15) is 71.0 Å². The summed E-state index contributed by atoms with van der Waals surface area (Å²) < 4.78 is 29.8. The molecule has 1 spiro atoms. The SMILES string of the molecule is Cc1cc(F)c(CNC(=O)c2cn3c(c(O)c2=O)C(=O)N2CN3C3(CCC3)CC[C@@H]2C)c(F)c1. The molecule has 1 aromatic heterocycles. The number of aryl methyl sites for hydroxylation is 1. The molecule has 2 fully saturated rings. The Morgan fingerprint density at radius 3 is 2.50 bits per heavy atom. The van der Waals surface area contributed by atoms with Crippen LogP contribution in [0.25, 0.3) is 0 Å². The van der Waals surface area contributed by atoms with Crippen LogP contribution < -0.4 is 15.8 Å². The van der Waals surface area contributed by atoms with E-state index in [0.717, 1.165) is 44.2 Å². The quantitative estimate of drug-likeness (QED) is 0.716. The van der Waals surface area contributed by atoms with Crippen LogP contribution in [0.4, 0.5) is 8.78 Å². The standard InChI is InChI=1S/C24H26F2N4O4/c1-13-8-17(25)15(18(26)9-13)10-27-22(33)16-11-29-19(21(32)20(16)31)23(34)28-12-30(29)24(5-3-6-24)7-4-14(28)2/h8-9,11,14,32H,3-7,10,12H2,1-2H3,(H,27,33)/t14-/m0/s1. The molecule has 1 saturated carbocycles. The van der Waals surface area contributed by atoms with Gasteiger partial charge in [0.05, 0.1) is 5.54 Å². The lowest BCUT2D eigenvalue weighted by atomic mass is 9.73. The van der Waals surface area contributed by atoms with E-state index in [2.05, 4.69) is 5.32 Å². The third-order valence-corrected chi connectivity index (χ3v) is 7.52. The van der Waals surface area contributed by atoms with Gasteiger partial charge in [-0.3, -0.25) is 24.1 Å². The number of nitrogens with one attached hydrogen (secondary N) is 1. The van der Waals surface area contributed by atoms with Crippen molar-refractivity contribution >= 4 is 11.8 Å². The van der Waals surface area contributed by atoms with E-state index in [9.17, 15) is 28.3 Å². The molecular formula is C24H26F2N4O4. The van der Waals surface area contributed by atoms with Gasteiger partial charge in [0.25, 0.3) is 11.8 Å². The molecule has 2 amide bonds. The summed E-state index contributed by atoms with van der Waals surface area (Å²) >= 11 is 0. The van der Waals surface area contributed by atoms with Gasteiger partial charge in [-0.05, 0) is 63.6 Å². The Morgan fingerprint density at radius 1 is 1.21 bits per heavy atom. The average Bonchev–Trinajstić information content (AvgIpc) is 2.88. The summed E-state index contributed by atoms with van der Waals surface area (Å²) in [5.74, 6) is -3.77. The molecule has 2 N–H and O–H groups in total. The van der Waals surface area contributed by atoms with Crippen molar-refractivity contribution in [3.05, 3.63) is 62.6 Å². The number of hydrogen-bond acceptors (Lipinski definition) is 5. The predicted molar refractivity (Wildman–Crippen MR) is 119 cm³/mol. The van der Waals surface area contributed by atoms with Gasteiger partial charge in [0, 0.05) is 24.3 Å². The molecule has 3 heterocycles. The van der Waals surface area contributed by atoms with Gasteiger partial charge in [0.1, 0.15) is 23.9 Å². The molecule has 1 atom stereocenters. The lowest BCUT2D eigenvalue weighted by Crippen LogP contribution is -2.65. The molecule has 180 valence electrons. The monoisotopic (exact) mass is 472 g/mol. The third kappa shape index (κ3) is 3.26. The first-order valence-electron chi connectivity index (χ1n) is 11.4. The number of amides is 2. The Bertz CT molecular complexity index is 1250. The molecule has 2 aromatic rings. The molecule has 0 radical (unpaired) electrons. The number of pyridine rings is 1. The Hall–Kier alpha value is -3.43. The minimum absolute atomic E-state index is 0.0551. The van der Waals surface area contributed by atoms with Crippen LogP contribution in [0.3, 0.4) is 0 Å². The van der Waals surface area contributed by atoms with Crippen LogP contribution >= 0.6 is 0 Å². The first-order chi connectivity index (χ1) is 16.1. The smallest absolute Gasteiger partial charge is 0.278 e. The van der Waals surface area contributed by atoms with E-state index in [1.165, 1.54) is 10.9 Å². The lowest BCUT2D eigenvalue weighted by Gasteiger charge is -2.53. The zero-order valence-corrected chi connectivity index (χ0v) is 19.0. The highest BCUT2D eigenvalue weighted by molar-refractivity contribution is 5.99. The fourth-order valence-corrected chi connectivity index (χ4v) is 5.29. The summed E-state index contributed by atoms with van der Waals surface area (Å²) in [6.07, 6.45) is 5.74. The Labute approximate surface area is 194 Å². The fraction of sp³-hybridized carbons (Fsp3) is 0.458. The van der Waals surface area contributed by atoms with Crippen LogP contribution in [0.15, 0.2) is 23.1 Å². The number of fused-ring (bicyclic) bond motifs is 5. The summed E-state index contributed by atoms with van der Waals surface area (Å²) in [7, 11) is 0. The molecular weight excluding hydrogens is 446 g/mol. The molecule has 10 heteroatoms. The molecule has 1 saturated heterocycles. The molecule has 1 aliphatic carbocycles. The normalized spacial score (nSPS) is 20.6. The van der Waals surface area contributed by atoms with Crippen LogP contribution in [0.2, 0.25) is 0 Å². The van der Waals surface area contributed by atoms with Gasteiger partial charge in [0.2, 0.25) is 5.43 Å². The van der Waals surface area contributed by atoms with Crippen LogP contribution in [0.5, 0.6) is 5.75 Å². The third-order valence-electron chi connectivity index (χ3n) is 7.52. The number of benzene rings is 1. The zero-order chi connectivity index (χ0) is 24.4. The van der Waals surface area contributed by atoms with Crippen molar-refractivity contribution in [3.63, 3.8) is 0 Å². The minimum atomic E-state index is -1.00. The second-order valence-corrected chi connectivity index (χ2v) is 9.58. The van der Waals surface area contributed by atoms with Gasteiger partial charge in [-0.15, -0.1) is 0 Å².